The average Bonchev–Trinajstić information content (AvgIpc) is 3.08. The first-order chi connectivity index (χ1) is 8.33. The highest BCUT2D eigenvalue weighted by molar-refractivity contribution is 6.02. The third-order valence-corrected chi connectivity index (χ3v) is 2.66. The van der Waals surface area contributed by atoms with Gasteiger partial charge in [0, 0.05) is 18.2 Å². The highest BCUT2D eigenvalue weighted by Crippen LogP contribution is 2.40. The molecular formula is C12H11N3O2. The Labute approximate surface area is 97.8 Å². The van der Waals surface area contributed by atoms with E-state index in [4.69, 9.17) is 4.52 Å². The summed E-state index contributed by atoms with van der Waals surface area (Å²) in [6.07, 6.45) is 5.48. The lowest BCUT2D eigenvalue weighted by Crippen LogP contribution is -2.12. The Morgan fingerprint density at radius 3 is 3.06 bits per heavy atom. The predicted octanol–water partition coefficient (Wildman–Crippen LogP) is 2.20. The number of rotatable bonds is 3. The van der Waals surface area contributed by atoms with Gasteiger partial charge in [0.25, 0.3) is 5.91 Å². The van der Waals surface area contributed by atoms with Crippen molar-refractivity contribution in [2.75, 3.05) is 5.32 Å². The van der Waals surface area contributed by atoms with E-state index in [9.17, 15) is 4.79 Å². The molecule has 0 bridgehead atoms. The molecule has 17 heavy (non-hydrogen) atoms. The number of carbonyl (C=O) groups excluding carboxylic acids is 1. The molecule has 1 fully saturated rings. The van der Waals surface area contributed by atoms with Crippen LogP contribution in [0, 0.1) is 0 Å². The molecule has 2 heterocycles. The van der Waals surface area contributed by atoms with Crippen molar-refractivity contribution >= 4 is 11.6 Å². The van der Waals surface area contributed by atoms with Crippen molar-refractivity contribution in [2.24, 2.45) is 0 Å². The molecule has 0 aromatic carbocycles. The van der Waals surface area contributed by atoms with Gasteiger partial charge in [-0.25, -0.2) is 0 Å². The third kappa shape index (κ3) is 2.18. The normalized spacial score (nSPS) is 14.6. The number of hydrogen-bond acceptors (Lipinski definition) is 4. The molecule has 5 nitrogen and oxygen atoms in total. The van der Waals surface area contributed by atoms with Crippen molar-refractivity contribution in [3.05, 3.63) is 42.0 Å². The fraction of sp³-hybridized carbons (Fsp3) is 0.250. The number of carbonyl (C=O) groups is 1. The molecule has 1 aliphatic carbocycles. The van der Waals surface area contributed by atoms with Gasteiger partial charge in [-0.05, 0) is 25.0 Å². The Morgan fingerprint density at radius 1 is 1.47 bits per heavy atom. The number of nitrogens with one attached hydrogen (secondary N) is 1. The van der Waals surface area contributed by atoms with Gasteiger partial charge in [-0.15, -0.1) is 0 Å². The standard InChI is InChI=1S/C12H11N3O2/c16-12(14-9-2-1-5-13-7-9)10-6-11(17-15-10)8-3-4-8/h1-2,5-8H,3-4H2,(H,14,16). The Kier molecular flexibility index (Phi) is 2.36. The average molecular weight is 229 g/mol. The SMILES string of the molecule is O=C(Nc1cccnc1)c1cc(C2CC2)on1. The topological polar surface area (TPSA) is 68.0 Å². The molecule has 2 aromatic heterocycles. The van der Waals surface area contributed by atoms with Gasteiger partial charge in [-0.3, -0.25) is 9.78 Å². The van der Waals surface area contributed by atoms with Crippen LogP contribution in [0.3, 0.4) is 0 Å². The molecular weight excluding hydrogens is 218 g/mol. The summed E-state index contributed by atoms with van der Waals surface area (Å²) in [6, 6.07) is 5.24. The summed E-state index contributed by atoms with van der Waals surface area (Å²) in [7, 11) is 0. The lowest BCUT2D eigenvalue weighted by atomic mass is 10.2. The first-order valence-electron chi connectivity index (χ1n) is 5.51. The van der Waals surface area contributed by atoms with E-state index in [0.29, 0.717) is 17.3 Å². The lowest BCUT2D eigenvalue weighted by molar-refractivity contribution is 0.101. The Hall–Kier alpha value is -2.17. The first kappa shape index (κ1) is 10.0. The van der Waals surface area contributed by atoms with Gasteiger partial charge in [0.2, 0.25) is 0 Å². The summed E-state index contributed by atoms with van der Waals surface area (Å²) in [5, 5.41) is 6.47. The second kappa shape index (κ2) is 4.01. The Morgan fingerprint density at radius 2 is 2.35 bits per heavy atom. The fourth-order valence-corrected chi connectivity index (χ4v) is 1.59. The number of aromatic nitrogens is 2. The van der Waals surface area contributed by atoms with Crippen LogP contribution in [-0.4, -0.2) is 16.0 Å². The largest absolute Gasteiger partial charge is 0.360 e. The molecule has 0 spiro atoms. The maximum absolute atomic E-state index is 11.8. The molecule has 1 N–H and O–H groups in total. The highest BCUT2D eigenvalue weighted by atomic mass is 16.5. The van der Waals surface area contributed by atoms with E-state index in [1.165, 1.54) is 0 Å². The highest BCUT2D eigenvalue weighted by Gasteiger charge is 2.28. The molecule has 0 aliphatic heterocycles. The first-order valence-corrected chi connectivity index (χ1v) is 5.51. The molecule has 0 radical (unpaired) electrons. The van der Waals surface area contributed by atoms with Crippen LogP contribution in [0.5, 0.6) is 0 Å². The number of hydrogen-bond donors (Lipinski definition) is 1. The molecule has 5 heteroatoms. The maximum Gasteiger partial charge on any atom is 0.277 e. The second-order valence-electron chi connectivity index (χ2n) is 4.08. The molecule has 1 aliphatic rings. The zero-order valence-electron chi connectivity index (χ0n) is 9.09. The van der Waals surface area contributed by atoms with Crippen molar-refractivity contribution in [1.82, 2.24) is 10.1 Å². The number of amides is 1. The molecule has 0 atom stereocenters. The van der Waals surface area contributed by atoms with Crippen LogP contribution < -0.4 is 5.32 Å². The quantitative estimate of drug-likeness (QED) is 0.876. The van der Waals surface area contributed by atoms with Crippen molar-refractivity contribution in [1.29, 1.82) is 0 Å². The van der Waals surface area contributed by atoms with Crippen LogP contribution in [0.15, 0.2) is 35.1 Å². The van der Waals surface area contributed by atoms with E-state index >= 15 is 0 Å². The molecule has 2 aromatic rings. The van der Waals surface area contributed by atoms with Gasteiger partial charge in [-0.2, -0.15) is 0 Å². The predicted molar refractivity (Wildman–Crippen MR) is 60.7 cm³/mol. The number of nitrogens with zero attached hydrogens (tertiary/aromatic N) is 2. The Balaban J connectivity index is 1.72. The van der Waals surface area contributed by atoms with Crippen LogP contribution in [0.25, 0.3) is 0 Å². The van der Waals surface area contributed by atoms with Crippen LogP contribution in [0.1, 0.15) is 35.0 Å². The molecule has 0 unspecified atom stereocenters. The molecule has 86 valence electrons. The summed E-state index contributed by atoms with van der Waals surface area (Å²) in [4.78, 5) is 15.7. The zero-order chi connectivity index (χ0) is 11.7. The van der Waals surface area contributed by atoms with E-state index in [1.807, 2.05) is 0 Å². The van der Waals surface area contributed by atoms with Gasteiger partial charge in [0.1, 0.15) is 5.76 Å². The monoisotopic (exact) mass is 229 g/mol. The van der Waals surface area contributed by atoms with E-state index in [-0.39, 0.29) is 5.91 Å². The molecule has 1 saturated carbocycles. The summed E-state index contributed by atoms with van der Waals surface area (Å²) < 4.78 is 5.12. The van der Waals surface area contributed by atoms with Crippen molar-refractivity contribution < 1.29 is 9.32 Å². The van der Waals surface area contributed by atoms with Crippen molar-refractivity contribution in [2.45, 2.75) is 18.8 Å². The minimum atomic E-state index is -0.270. The maximum atomic E-state index is 11.8. The molecule has 0 saturated heterocycles. The van der Waals surface area contributed by atoms with Crippen LogP contribution >= 0.6 is 0 Å². The van der Waals surface area contributed by atoms with E-state index < -0.39 is 0 Å². The van der Waals surface area contributed by atoms with Gasteiger partial charge in [0.05, 0.1) is 11.9 Å². The minimum absolute atomic E-state index is 0.270. The molecule has 3 rings (SSSR count). The summed E-state index contributed by atoms with van der Waals surface area (Å²) in [5.74, 6) is 0.998. The fourth-order valence-electron chi connectivity index (χ4n) is 1.59. The van der Waals surface area contributed by atoms with Gasteiger partial charge < -0.3 is 9.84 Å². The smallest absolute Gasteiger partial charge is 0.277 e. The Bertz CT molecular complexity index is 532. The number of pyridine rings is 1. The molecule has 1 amide bonds. The summed E-state index contributed by atoms with van der Waals surface area (Å²) >= 11 is 0. The van der Waals surface area contributed by atoms with Crippen LogP contribution in [0.4, 0.5) is 5.69 Å². The van der Waals surface area contributed by atoms with E-state index in [1.54, 1.807) is 30.6 Å². The van der Waals surface area contributed by atoms with E-state index in [2.05, 4.69) is 15.5 Å². The van der Waals surface area contributed by atoms with Crippen molar-refractivity contribution in [3.8, 4) is 0 Å². The second-order valence-corrected chi connectivity index (χ2v) is 4.08. The van der Waals surface area contributed by atoms with Gasteiger partial charge >= 0.3 is 0 Å². The lowest BCUT2D eigenvalue weighted by Gasteiger charge is -2.00. The van der Waals surface area contributed by atoms with Crippen LogP contribution in [-0.2, 0) is 0 Å². The van der Waals surface area contributed by atoms with Crippen LogP contribution in [0.2, 0.25) is 0 Å². The summed E-state index contributed by atoms with van der Waals surface area (Å²) in [6.45, 7) is 0. The van der Waals surface area contributed by atoms with Crippen molar-refractivity contribution in [3.63, 3.8) is 0 Å². The third-order valence-electron chi connectivity index (χ3n) is 2.66. The van der Waals surface area contributed by atoms with Gasteiger partial charge in [-0.1, -0.05) is 5.16 Å². The van der Waals surface area contributed by atoms with Gasteiger partial charge in [0.15, 0.2) is 5.69 Å². The summed E-state index contributed by atoms with van der Waals surface area (Å²) in [5.41, 5.74) is 0.962. The zero-order valence-corrected chi connectivity index (χ0v) is 9.09. The minimum Gasteiger partial charge on any atom is -0.360 e. The van der Waals surface area contributed by atoms with E-state index in [0.717, 1.165) is 18.6 Å². The number of anilines is 1.